The number of carbonyl (C=O) groups is 2. The predicted molar refractivity (Wildman–Crippen MR) is 75.3 cm³/mol. The lowest BCUT2D eigenvalue weighted by Crippen LogP contribution is -2.51. The highest BCUT2D eigenvalue weighted by Crippen LogP contribution is 2.12. The molecule has 0 aliphatic carbocycles. The molecule has 0 unspecified atom stereocenters. The number of rotatable bonds is 3. The van der Waals surface area contributed by atoms with Crippen LogP contribution in [0.2, 0.25) is 0 Å². The van der Waals surface area contributed by atoms with Crippen molar-refractivity contribution < 1.29 is 19.4 Å². The van der Waals surface area contributed by atoms with E-state index < -0.39 is 11.7 Å². The van der Waals surface area contributed by atoms with Gasteiger partial charge in [0.15, 0.2) is 0 Å². The van der Waals surface area contributed by atoms with E-state index in [4.69, 9.17) is 4.74 Å². The standard InChI is InChI=1S/C14H26N2O4/c1-11(17)5-6-12(18)15-7-9-16(10-8-15)13(19)20-14(2,3)4/h11,17H,5-10H2,1-4H3/t11-/m1/s1. The van der Waals surface area contributed by atoms with E-state index in [1.54, 1.807) is 16.7 Å². The van der Waals surface area contributed by atoms with Crippen molar-refractivity contribution in [2.75, 3.05) is 26.2 Å². The van der Waals surface area contributed by atoms with E-state index in [1.807, 2.05) is 20.8 Å². The minimum Gasteiger partial charge on any atom is -0.444 e. The van der Waals surface area contributed by atoms with Crippen LogP contribution in [0.3, 0.4) is 0 Å². The van der Waals surface area contributed by atoms with Crippen LogP contribution in [-0.2, 0) is 9.53 Å². The van der Waals surface area contributed by atoms with Crippen LogP contribution < -0.4 is 0 Å². The fourth-order valence-corrected chi connectivity index (χ4v) is 1.96. The van der Waals surface area contributed by atoms with Gasteiger partial charge in [-0.3, -0.25) is 4.79 Å². The van der Waals surface area contributed by atoms with Crippen molar-refractivity contribution in [2.24, 2.45) is 0 Å². The predicted octanol–water partition coefficient (Wildman–Crippen LogP) is 1.23. The Bertz CT molecular complexity index is 342. The van der Waals surface area contributed by atoms with Crippen LogP contribution in [0.4, 0.5) is 4.79 Å². The third kappa shape index (κ3) is 5.77. The maximum Gasteiger partial charge on any atom is 0.410 e. The van der Waals surface area contributed by atoms with Gasteiger partial charge in [-0.2, -0.15) is 0 Å². The molecule has 0 aromatic rings. The number of aliphatic hydroxyl groups is 1. The molecule has 1 aliphatic rings. The van der Waals surface area contributed by atoms with E-state index in [0.717, 1.165) is 0 Å². The van der Waals surface area contributed by atoms with E-state index in [0.29, 0.717) is 39.0 Å². The molecule has 0 saturated carbocycles. The lowest BCUT2D eigenvalue weighted by atomic mass is 10.2. The van der Waals surface area contributed by atoms with Crippen LogP contribution in [0.5, 0.6) is 0 Å². The summed E-state index contributed by atoms with van der Waals surface area (Å²) in [4.78, 5) is 27.1. The van der Waals surface area contributed by atoms with Gasteiger partial charge in [0.05, 0.1) is 6.10 Å². The van der Waals surface area contributed by atoms with Gasteiger partial charge in [-0.1, -0.05) is 0 Å². The monoisotopic (exact) mass is 286 g/mol. The Kier molecular flexibility index (Phi) is 5.80. The second-order valence-electron chi connectivity index (χ2n) is 6.24. The Morgan fingerprint density at radius 1 is 1.15 bits per heavy atom. The maximum atomic E-state index is 11.9. The Morgan fingerprint density at radius 3 is 2.10 bits per heavy atom. The van der Waals surface area contributed by atoms with E-state index in [2.05, 4.69) is 0 Å². The van der Waals surface area contributed by atoms with Gasteiger partial charge in [-0.05, 0) is 34.1 Å². The van der Waals surface area contributed by atoms with Gasteiger partial charge in [0.2, 0.25) is 5.91 Å². The molecule has 0 radical (unpaired) electrons. The highest BCUT2D eigenvalue weighted by Gasteiger charge is 2.27. The normalized spacial score (nSPS) is 17.9. The maximum absolute atomic E-state index is 11.9. The average molecular weight is 286 g/mol. The van der Waals surface area contributed by atoms with Gasteiger partial charge in [0.1, 0.15) is 5.60 Å². The minimum atomic E-state index is -0.499. The second kappa shape index (κ2) is 6.92. The minimum absolute atomic E-state index is 0.0368. The number of aliphatic hydroxyl groups excluding tert-OH is 1. The fourth-order valence-electron chi connectivity index (χ4n) is 1.96. The van der Waals surface area contributed by atoms with E-state index in [-0.39, 0.29) is 12.0 Å². The summed E-state index contributed by atoms with van der Waals surface area (Å²) in [5.41, 5.74) is -0.499. The SMILES string of the molecule is C[C@@H](O)CCC(=O)N1CCN(C(=O)OC(C)(C)C)CC1. The molecule has 2 amide bonds. The van der Waals surface area contributed by atoms with E-state index in [9.17, 15) is 14.7 Å². The number of amides is 2. The van der Waals surface area contributed by atoms with E-state index >= 15 is 0 Å². The summed E-state index contributed by atoms with van der Waals surface area (Å²) >= 11 is 0. The van der Waals surface area contributed by atoms with Crippen molar-refractivity contribution in [1.82, 2.24) is 9.80 Å². The molecule has 1 heterocycles. The van der Waals surface area contributed by atoms with Gasteiger partial charge in [0, 0.05) is 32.6 Å². The smallest absolute Gasteiger partial charge is 0.410 e. The van der Waals surface area contributed by atoms with E-state index in [1.165, 1.54) is 0 Å². The first-order chi connectivity index (χ1) is 9.19. The van der Waals surface area contributed by atoms with Gasteiger partial charge in [-0.25, -0.2) is 4.79 Å². The highest BCUT2D eigenvalue weighted by molar-refractivity contribution is 5.76. The van der Waals surface area contributed by atoms with Crippen LogP contribution in [-0.4, -0.2) is 64.8 Å². The fraction of sp³-hybridized carbons (Fsp3) is 0.857. The molecular formula is C14H26N2O4. The third-order valence-electron chi connectivity index (χ3n) is 3.06. The first kappa shape index (κ1) is 16.8. The molecular weight excluding hydrogens is 260 g/mol. The number of hydrogen-bond donors (Lipinski definition) is 1. The van der Waals surface area contributed by atoms with Crippen molar-refractivity contribution in [3.8, 4) is 0 Å². The summed E-state index contributed by atoms with van der Waals surface area (Å²) in [6.45, 7) is 9.22. The molecule has 1 aliphatic heterocycles. The van der Waals surface area contributed by atoms with Crippen molar-refractivity contribution in [2.45, 2.75) is 52.2 Å². The molecule has 116 valence electrons. The second-order valence-corrected chi connectivity index (χ2v) is 6.24. The summed E-state index contributed by atoms with van der Waals surface area (Å²) in [6, 6.07) is 0. The first-order valence-corrected chi connectivity index (χ1v) is 7.13. The number of hydrogen-bond acceptors (Lipinski definition) is 4. The molecule has 0 spiro atoms. The van der Waals surface area contributed by atoms with Crippen LogP contribution in [0, 0.1) is 0 Å². The molecule has 1 fully saturated rings. The summed E-state index contributed by atoms with van der Waals surface area (Å²) in [5, 5.41) is 9.18. The number of piperazine rings is 1. The molecule has 0 aromatic heterocycles. The summed E-state index contributed by atoms with van der Waals surface area (Å²) < 4.78 is 5.30. The zero-order valence-corrected chi connectivity index (χ0v) is 12.9. The Labute approximate surface area is 120 Å². The average Bonchev–Trinajstić information content (AvgIpc) is 2.34. The number of nitrogens with zero attached hydrogens (tertiary/aromatic N) is 2. The molecule has 6 nitrogen and oxygen atoms in total. The first-order valence-electron chi connectivity index (χ1n) is 7.13. The van der Waals surface area contributed by atoms with Crippen LogP contribution in [0.25, 0.3) is 0 Å². The van der Waals surface area contributed by atoms with Gasteiger partial charge < -0.3 is 19.6 Å². The van der Waals surface area contributed by atoms with Gasteiger partial charge in [-0.15, -0.1) is 0 Å². The highest BCUT2D eigenvalue weighted by atomic mass is 16.6. The van der Waals surface area contributed by atoms with Crippen molar-refractivity contribution in [3.63, 3.8) is 0 Å². The lowest BCUT2D eigenvalue weighted by molar-refractivity contribution is -0.133. The number of carbonyl (C=O) groups excluding carboxylic acids is 2. The van der Waals surface area contributed by atoms with Crippen LogP contribution >= 0.6 is 0 Å². The van der Waals surface area contributed by atoms with Crippen LogP contribution in [0.1, 0.15) is 40.5 Å². The van der Waals surface area contributed by atoms with Gasteiger partial charge >= 0.3 is 6.09 Å². The van der Waals surface area contributed by atoms with Crippen molar-refractivity contribution >= 4 is 12.0 Å². The molecule has 1 atom stereocenters. The Morgan fingerprint density at radius 2 is 1.65 bits per heavy atom. The Balaban J connectivity index is 2.36. The van der Waals surface area contributed by atoms with Gasteiger partial charge in [0.25, 0.3) is 0 Å². The summed E-state index contributed by atoms with van der Waals surface area (Å²) in [6.07, 6.45) is 0.0467. The molecule has 1 N–H and O–H groups in total. The lowest BCUT2D eigenvalue weighted by Gasteiger charge is -2.35. The third-order valence-corrected chi connectivity index (χ3v) is 3.06. The molecule has 0 aromatic carbocycles. The van der Waals surface area contributed by atoms with Crippen molar-refractivity contribution in [1.29, 1.82) is 0 Å². The molecule has 1 rings (SSSR count). The zero-order chi connectivity index (χ0) is 15.3. The molecule has 1 saturated heterocycles. The summed E-state index contributed by atoms with van der Waals surface area (Å²) in [5.74, 6) is 0.0368. The van der Waals surface area contributed by atoms with Crippen LogP contribution in [0.15, 0.2) is 0 Å². The zero-order valence-electron chi connectivity index (χ0n) is 12.9. The molecule has 20 heavy (non-hydrogen) atoms. The molecule has 6 heteroatoms. The summed E-state index contributed by atoms with van der Waals surface area (Å²) in [7, 11) is 0. The van der Waals surface area contributed by atoms with Crippen molar-refractivity contribution in [3.05, 3.63) is 0 Å². The molecule has 0 bridgehead atoms. The Hall–Kier alpha value is -1.30. The largest absolute Gasteiger partial charge is 0.444 e. The topological polar surface area (TPSA) is 70.1 Å². The quantitative estimate of drug-likeness (QED) is 0.847. The number of ether oxygens (including phenoxy) is 1.